The van der Waals surface area contributed by atoms with Crippen LogP contribution in [0.1, 0.15) is 40.5 Å². The highest BCUT2D eigenvalue weighted by molar-refractivity contribution is 4.83. The van der Waals surface area contributed by atoms with E-state index in [-0.39, 0.29) is 0 Å². The first-order valence-corrected chi connectivity index (χ1v) is 6.04. The third kappa shape index (κ3) is 2.96. The molecule has 1 heterocycles. The summed E-state index contributed by atoms with van der Waals surface area (Å²) in [6.45, 7) is 11.5. The summed E-state index contributed by atoms with van der Waals surface area (Å²) in [6.07, 6.45) is 2.46. The normalized spacial score (nSPS) is 37.1. The molecule has 2 N–H and O–H groups in total. The van der Waals surface area contributed by atoms with E-state index in [4.69, 9.17) is 5.73 Å². The molecule has 0 aromatic carbocycles. The van der Waals surface area contributed by atoms with E-state index in [0.717, 1.165) is 24.8 Å². The van der Waals surface area contributed by atoms with Gasteiger partial charge in [-0.1, -0.05) is 20.8 Å². The van der Waals surface area contributed by atoms with Crippen molar-refractivity contribution in [3.63, 3.8) is 0 Å². The van der Waals surface area contributed by atoms with E-state index in [1.165, 1.54) is 13.0 Å². The quantitative estimate of drug-likeness (QED) is 0.752. The van der Waals surface area contributed by atoms with Crippen molar-refractivity contribution >= 4 is 0 Å². The highest BCUT2D eigenvalue weighted by Crippen LogP contribution is 2.26. The molecule has 84 valence electrons. The predicted octanol–water partition coefficient (Wildman–Crippen LogP) is 2.09. The number of rotatable bonds is 3. The molecule has 0 spiro atoms. The van der Waals surface area contributed by atoms with Gasteiger partial charge in [0.05, 0.1) is 0 Å². The van der Waals surface area contributed by atoms with E-state index in [0.29, 0.717) is 12.1 Å². The maximum absolute atomic E-state index is 6.02. The second-order valence-electron chi connectivity index (χ2n) is 5.18. The summed E-state index contributed by atoms with van der Waals surface area (Å²) in [4.78, 5) is 2.58. The van der Waals surface area contributed by atoms with Crippen molar-refractivity contribution in [1.29, 1.82) is 0 Å². The summed E-state index contributed by atoms with van der Waals surface area (Å²) in [6, 6.07) is 1.07. The van der Waals surface area contributed by atoms with Crippen LogP contribution in [-0.4, -0.2) is 30.1 Å². The lowest BCUT2D eigenvalue weighted by molar-refractivity contribution is 0.0739. The number of nitrogens with zero attached hydrogens (tertiary/aromatic N) is 1. The molecule has 0 radical (unpaired) electrons. The van der Waals surface area contributed by atoms with Crippen molar-refractivity contribution in [2.45, 2.75) is 52.6 Å². The van der Waals surface area contributed by atoms with Crippen LogP contribution in [0, 0.1) is 11.8 Å². The first-order chi connectivity index (χ1) is 6.54. The first-order valence-electron chi connectivity index (χ1n) is 6.04. The molecule has 1 rings (SSSR count). The molecule has 0 saturated carbocycles. The molecule has 14 heavy (non-hydrogen) atoms. The van der Waals surface area contributed by atoms with Gasteiger partial charge < -0.3 is 5.73 Å². The molecule has 0 aromatic rings. The molecule has 0 aliphatic carbocycles. The molecule has 1 saturated heterocycles. The molecule has 1 fully saturated rings. The Balaban J connectivity index is 2.49. The molecule has 4 unspecified atom stereocenters. The Morgan fingerprint density at radius 2 is 2.00 bits per heavy atom. The van der Waals surface area contributed by atoms with Gasteiger partial charge in [-0.3, -0.25) is 4.90 Å². The summed E-state index contributed by atoms with van der Waals surface area (Å²) in [7, 11) is 0. The third-order valence-electron chi connectivity index (χ3n) is 3.71. The third-order valence-corrected chi connectivity index (χ3v) is 3.71. The summed E-state index contributed by atoms with van der Waals surface area (Å²) < 4.78 is 0. The predicted molar refractivity (Wildman–Crippen MR) is 62.2 cm³/mol. The highest BCUT2D eigenvalue weighted by Gasteiger charge is 2.28. The zero-order valence-corrected chi connectivity index (χ0v) is 10.2. The van der Waals surface area contributed by atoms with Gasteiger partial charge in [0.15, 0.2) is 0 Å². The SMILES string of the molecule is CCC(N)CN1CC(C)CC(C)C1C. The number of nitrogens with two attached hydrogens (primary N) is 1. The van der Waals surface area contributed by atoms with Crippen LogP contribution in [0.15, 0.2) is 0 Å². The molecule has 2 heteroatoms. The van der Waals surface area contributed by atoms with E-state index in [1.54, 1.807) is 0 Å². The van der Waals surface area contributed by atoms with E-state index >= 15 is 0 Å². The largest absolute Gasteiger partial charge is 0.327 e. The molecule has 0 amide bonds. The minimum absolute atomic E-state index is 0.356. The molecule has 1 aliphatic rings. The van der Waals surface area contributed by atoms with Gasteiger partial charge in [0.25, 0.3) is 0 Å². The summed E-state index contributed by atoms with van der Waals surface area (Å²) in [5.41, 5.74) is 6.02. The smallest absolute Gasteiger partial charge is 0.0165 e. The van der Waals surface area contributed by atoms with Crippen LogP contribution >= 0.6 is 0 Å². The van der Waals surface area contributed by atoms with Crippen LogP contribution in [0.2, 0.25) is 0 Å². The van der Waals surface area contributed by atoms with E-state index in [1.807, 2.05) is 0 Å². The van der Waals surface area contributed by atoms with Gasteiger partial charge in [0.1, 0.15) is 0 Å². The van der Waals surface area contributed by atoms with Gasteiger partial charge in [0, 0.05) is 25.2 Å². The Morgan fingerprint density at radius 3 is 2.57 bits per heavy atom. The maximum Gasteiger partial charge on any atom is 0.0165 e. The fourth-order valence-electron chi connectivity index (χ4n) is 2.50. The lowest BCUT2D eigenvalue weighted by Gasteiger charge is -2.42. The Bertz CT molecular complexity index is 170. The van der Waals surface area contributed by atoms with Gasteiger partial charge in [-0.05, 0) is 31.6 Å². The molecule has 0 bridgehead atoms. The molecule has 0 aromatic heterocycles. The van der Waals surface area contributed by atoms with Crippen molar-refractivity contribution in [1.82, 2.24) is 4.90 Å². The van der Waals surface area contributed by atoms with Crippen molar-refractivity contribution in [2.75, 3.05) is 13.1 Å². The second-order valence-corrected chi connectivity index (χ2v) is 5.18. The van der Waals surface area contributed by atoms with Crippen LogP contribution in [0.5, 0.6) is 0 Å². The van der Waals surface area contributed by atoms with Crippen molar-refractivity contribution in [2.24, 2.45) is 17.6 Å². The summed E-state index contributed by atoms with van der Waals surface area (Å²) in [5, 5.41) is 0. The van der Waals surface area contributed by atoms with Gasteiger partial charge >= 0.3 is 0 Å². The molecular weight excluding hydrogens is 172 g/mol. The second kappa shape index (κ2) is 5.13. The molecule has 1 aliphatic heterocycles. The monoisotopic (exact) mass is 198 g/mol. The fourth-order valence-corrected chi connectivity index (χ4v) is 2.50. The highest BCUT2D eigenvalue weighted by atomic mass is 15.2. The molecular formula is C12H26N2. The van der Waals surface area contributed by atoms with Crippen molar-refractivity contribution in [3.8, 4) is 0 Å². The van der Waals surface area contributed by atoms with Crippen LogP contribution in [0.3, 0.4) is 0 Å². The van der Waals surface area contributed by atoms with E-state index < -0.39 is 0 Å². The number of hydrogen-bond acceptors (Lipinski definition) is 2. The van der Waals surface area contributed by atoms with Crippen LogP contribution in [-0.2, 0) is 0 Å². The van der Waals surface area contributed by atoms with Crippen molar-refractivity contribution in [3.05, 3.63) is 0 Å². The van der Waals surface area contributed by atoms with E-state index in [2.05, 4.69) is 32.6 Å². The average molecular weight is 198 g/mol. The molecule has 4 atom stereocenters. The van der Waals surface area contributed by atoms with Gasteiger partial charge in [-0.15, -0.1) is 0 Å². The minimum Gasteiger partial charge on any atom is -0.327 e. The Kier molecular flexibility index (Phi) is 4.39. The summed E-state index contributed by atoms with van der Waals surface area (Å²) >= 11 is 0. The fraction of sp³-hybridized carbons (Fsp3) is 1.00. The Labute approximate surface area is 88.8 Å². The average Bonchev–Trinajstić information content (AvgIpc) is 2.13. The number of piperidine rings is 1. The minimum atomic E-state index is 0.356. The van der Waals surface area contributed by atoms with E-state index in [9.17, 15) is 0 Å². The summed E-state index contributed by atoms with van der Waals surface area (Å²) in [5.74, 6) is 1.66. The van der Waals surface area contributed by atoms with Crippen molar-refractivity contribution < 1.29 is 0 Å². The number of likely N-dealkylation sites (tertiary alicyclic amines) is 1. The van der Waals surface area contributed by atoms with Gasteiger partial charge in [-0.25, -0.2) is 0 Å². The lowest BCUT2D eigenvalue weighted by Crippen LogP contribution is -2.50. The van der Waals surface area contributed by atoms with Crippen LogP contribution in [0.4, 0.5) is 0 Å². The van der Waals surface area contributed by atoms with Gasteiger partial charge in [0.2, 0.25) is 0 Å². The standard InChI is InChI=1S/C12H26N2/c1-5-12(13)8-14-7-9(2)6-10(3)11(14)4/h9-12H,5-8,13H2,1-4H3. The number of hydrogen-bond donors (Lipinski definition) is 1. The molecule has 2 nitrogen and oxygen atoms in total. The van der Waals surface area contributed by atoms with Crippen LogP contribution in [0.25, 0.3) is 0 Å². The first kappa shape index (κ1) is 12.0. The van der Waals surface area contributed by atoms with Gasteiger partial charge in [-0.2, -0.15) is 0 Å². The lowest BCUT2D eigenvalue weighted by atomic mass is 9.85. The maximum atomic E-state index is 6.02. The zero-order valence-electron chi connectivity index (χ0n) is 10.2. The zero-order chi connectivity index (χ0) is 10.7. The Morgan fingerprint density at radius 1 is 1.36 bits per heavy atom. The topological polar surface area (TPSA) is 29.3 Å². The van der Waals surface area contributed by atoms with Crippen LogP contribution < -0.4 is 5.73 Å². The Hall–Kier alpha value is -0.0800.